The molecule has 36 heavy (non-hydrogen) atoms. The number of anilines is 1. The number of pyridine rings is 1. The van der Waals surface area contributed by atoms with Gasteiger partial charge in [-0.05, 0) is 42.5 Å². The molecule has 1 saturated heterocycles. The van der Waals surface area contributed by atoms with Crippen molar-refractivity contribution in [1.29, 1.82) is 0 Å². The Morgan fingerprint density at radius 3 is 1.97 bits per heavy atom. The van der Waals surface area contributed by atoms with E-state index in [1.807, 2.05) is 0 Å². The minimum Gasteiger partial charge on any atom is -0.335 e. The second kappa shape index (κ2) is 10.2. The predicted octanol–water partition coefficient (Wildman–Crippen LogP) is 4.32. The summed E-state index contributed by atoms with van der Waals surface area (Å²) in [7, 11) is 0. The number of carbonyl (C=O) groups excluding carboxylic acids is 3. The highest BCUT2D eigenvalue weighted by Crippen LogP contribution is 2.30. The zero-order valence-corrected chi connectivity index (χ0v) is 19.4. The van der Waals surface area contributed by atoms with E-state index in [1.54, 1.807) is 47.4 Å². The Hall–Kier alpha value is -4.21. The maximum atomic E-state index is 13.0. The van der Waals surface area contributed by atoms with E-state index in [4.69, 9.17) is 0 Å². The van der Waals surface area contributed by atoms with E-state index < -0.39 is 17.6 Å². The fourth-order valence-electron chi connectivity index (χ4n) is 3.94. The number of nitrogens with one attached hydrogen (secondary N) is 1. The predicted molar refractivity (Wildman–Crippen MR) is 127 cm³/mol. The van der Waals surface area contributed by atoms with Crippen LogP contribution in [0.5, 0.6) is 0 Å². The van der Waals surface area contributed by atoms with E-state index in [0.29, 0.717) is 17.1 Å². The van der Waals surface area contributed by atoms with Crippen LogP contribution in [0.1, 0.15) is 33.2 Å². The summed E-state index contributed by atoms with van der Waals surface area (Å²) in [6.45, 7) is 2.38. The minimum atomic E-state index is -4.53. The molecular formula is C26H23F3N4O3. The van der Waals surface area contributed by atoms with Gasteiger partial charge in [-0.1, -0.05) is 24.3 Å². The fourth-order valence-corrected chi connectivity index (χ4v) is 3.94. The number of carbonyl (C=O) groups is 3. The normalized spacial score (nSPS) is 13.9. The zero-order valence-electron chi connectivity index (χ0n) is 19.4. The topological polar surface area (TPSA) is 82.6 Å². The first kappa shape index (κ1) is 24.9. The maximum absolute atomic E-state index is 13.0. The van der Waals surface area contributed by atoms with Crippen molar-refractivity contribution in [3.63, 3.8) is 0 Å². The smallest absolute Gasteiger partial charge is 0.335 e. The Labute approximate surface area is 205 Å². The maximum Gasteiger partial charge on any atom is 0.416 e. The second-order valence-electron chi connectivity index (χ2n) is 8.33. The van der Waals surface area contributed by atoms with Gasteiger partial charge < -0.3 is 15.1 Å². The van der Waals surface area contributed by atoms with Gasteiger partial charge in [-0.3, -0.25) is 14.4 Å². The molecule has 1 N–H and O–H groups in total. The summed E-state index contributed by atoms with van der Waals surface area (Å²) in [6, 6.07) is 16.5. The summed E-state index contributed by atoms with van der Waals surface area (Å²) < 4.78 is 38.9. The van der Waals surface area contributed by atoms with Gasteiger partial charge in [0.25, 0.3) is 11.8 Å². The van der Waals surface area contributed by atoms with Crippen LogP contribution in [0.4, 0.5) is 19.0 Å². The van der Waals surface area contributed by atoms with Crippen LogP contribution in [-0.2, 0) is 11.0 Å². The van der Waals surface area contributed by atoms with Crippen LogP contribution < -0.4 is 5.32 Å². The third-order valence-corrected chi connectivity index (χ3v) is 5.77. The quantitative estimate of drug-likeness (QED) is 0.583. The summed E-state index contributed by atoms with van der Waals surface area (Å²) in [4.78, 5) is 44.4. The number of piperazine rings is 1. The van der Waals surface area contributed by atoms with Crippen molar-refractivity contribution in [3.8, 4) is 11.3 Å². The summed E-state index contributed by atoms with van der Waals surface area (Å²) in [5.41, 5.74) is 0.977. The van der Waals surface area contributed by atoms with Crippen LogP contribution >= 0.6 is 0 Å². The van der Waals surface area contributed by atoms with Crippen molar-refractivity contribution in [1.82, 2.24) is 14.8 Å². The Balaban J connectivity index is 1.38. The third-order valence-electron chi connectivity index (χ3n) is 5.77. The van der Waals surface area contributed by atoms with Crippen molar-refractivity contribution in [2.45, 2.75) is 13.1 Å². The number of aromatic nitrogens is 1. The molecule has 0 bridgehead atoms. The molecule has 3 amide bonds. The van der Waals surface area contributed by atoms with E-state index in [0.717, 1.165) is 17.7 Å². The van der Waals surface area contributed by atoms with Crippen LogP contribution in [0.3, 0.4) is 0 Å². The SMILES string of the molecule is CC(=O)Nc1cccc(-c2ccc(C(=O)N3CCN(C(=O)c4cccc(C(F)(F)F)c4)CC3)cc2)n1. The molecule has 0 aliphatic carbocycles. The molecule has 0 saturated carbocycles. The van der Waals surface area contributed by atoms with Gasteiger partial charge in [0.2, 0.25) is 5.91 Å². The number of rotatable bonds is 4. The molecule has 1 aliphatic heterocycles. The molecule has 1 aromatic heterocycles. The molecule has 186 valence electrons. The molecule has 0 spiro atoms. The van der Waals surface area contributed by atoms with Gasteiger partial charge in [0.05, 0.1) is 11.3 Å². The molecule has 2 aromatic carbocycles. The van der Waals surface area contributed by atoms with E-state index in [-0.39, 0.29) is 43.6 Å². The van der Waals surface area contributed by atoms with E-state index >= 15 is 0 Å². The Bertz CT molecular complexity index is 1280. The average Bonchev–Trinajstić information content (AvgIpc) is 2.87. The van der Waals surface area contributed by atoms with Crippen molar-refractivity contribution in [2.75, 3.05) is 31.5 Å². The number of halogens is 3. The molecular weight excluding hydrogens is 473 g/mol. The molecule has 3 aromatic rings. The highest BCUT2D eigenvalue weighted by molar-refractivity contribution is 5.96. The van der Waals surface area contributed by atoms with Crippen LogP contribution in [0.15, 0.2) is 66.7 Å². The lowest BCUT2D eigenvalue weighted by atomic mass is 10.1. The van der Waals surface area contributed by atoms with Crippen LogP contribution in [0, 0.1) is 0 Å². The molecule has 10 heteroatoms. The van der Waals surface area contributed by atoms with Crippen molar-refractivity contribution in [2.24, 2.45) is 0 Å². The molecule has 1 fully saturated rings. The number of benzene rings is 2. The minimum absolute atomic E-state index is 0.0311. The van der Waals surface area contributed by atoms with E-state index in [2.05, 4.69) is 10.3 Å². The largest absolute Gasteiger partial charge is 0.416 e. The number of hydrogen-bond donors (Lipinski definition) is 1. The third kappa shape index (κ3) is 5.70. The fraction of sp³-hybridized carbons (Fsp3) is 0.231. The molecule has 0 atom stereocenters. The van der Waals surface area contributed by atoms with E-state index in [9.17, 15) is 27.6 Å². The molecule has 4 rings (SSSR count). The summed E-state index contributed by atoms with van der Waals surface area (Å²) >= 11 is 0. The highest BCUT2D eigenvalue weighted by Gasteiger charge is 2.32. The standard InChI is InChI=1S/C26H23F3N4O3/c1-17(34)30-23-7-3-6-22(31-23)18-8-10-19(11-9-18)24(35)32-12-14-33(15-13-32)25(36)20-4-2-5-21(16-20)26(27,28)29/h2-11,16H,12-15H2,1H3,(H,30,31,34). The van der Waals surface area contributed by atoms with Gasteiger partial charge in [-0.25, -0.2) is 4.98 Å². The summed E-state index contributed by atoms with van der Waals surface area (Å²) in [5.74, 6) is -0.492. The second-order valence-corrected chi connectivity index (χ2v) is 8.33. The van der Waals surface area contributed by atoms with Gasteiger partial charge in [0.15, 0.2) is 0 Å². The highest BCUT2D eigenvalue weighted by atomic mass is 19.4. The molecule has 0 unspecified atom stereocenters. The number of alkyl halides is 3. The lowest BCUT2D eigenvalue weighted by Gasteiger charge is -2.35. The number of amides is 3. The van der Waals surface area contributed by atoms with Crippen LogP contribution in [0.25, 0.3) is 11.3 Å². The lowest BCUT2D eigenvalue weighted by molar-refractivity contribution is -0.137. The molecule has 1 aliphatic rings. The van der Waals surface area contributed by atoms with Gasteiger partial charge in [0.1, 0.15) is 5.82 Å². The monoisotopic (exact) mass is 496 g/mol. The molecule has 2 heterocycles. The first-order valence-electron chi connectivity index (χ1n) is 11.2. The average molecular weight is 496 g/mol. The Morgan fingerprint density at radius 2 is 1.39 bits per heavy atom. The van der Waals surface area contributed by atoms with Gasteiger partial charge in [0, 0.05) is 49.8 Å². The molecule has 0 radical (unpaired) electrons. The Morgan fingerprint density at radius 1 is 0.806 bits per heavy atom. The summed E-state index contributed by atoms with van der Waals surface area (Å²) in [5, 5.41) is 2.63. The van der Waals surface area contributed by atoms with Crippen LogP contribution in [-0.4, -0.2) is 58.7 Å². The van der Waals surface area contributed by atoms with Gasteiger partial charge >= 0.3 is 6.18 Å². The van der Waals surface area contributed by atoms with Crippen molar-refractivity contribution < 1.29 is 27.6 Å². The first-order chi connectivity index (χ1) is 17.1. The molecule has 7 nitrogen and oxygen atoms in total. The first-order valence-corrected chi connectivity index (χ1v) is 11.2. The van der Waals surface area contributed by atoms with Crippen molar-refractivity contribution >= 4 is 23.5 Å². The summed E-state index contributed by atoms with van der Waals surface area (Å²) in [6.07, 6.45) is -4.53. The lowest BCUT2D eigenvalue weighted by Crippen LogP contribution is -2.50. The van der Waals surface area contributed by atoms with Gasteiger partial charge in [-0.15, -0.1) is 0 Å². The Kier molecular flexibility index (Phi) is 7.05. The van der Waals surface area contributed by atoms with Gasteiger partial charge in [-0.2, -0.15) is 13.2 Å². The van der Waals surface area contributed by atoms with Crippen LogP contribution in [0.2, 0.25) is 0 Å². The van der Waals surface area contributed by atoms with Crippen molar-refractivity contribution in [3.05, 3.63) is 83.4 Å². The number of nitrogens with zero attached hydrogens (tertiary/aromatic N) is 3. The number of hydrogen-bond acceptors (Lipinski definition) is 4. The zero-order chi connectivity index (χ0) is 25.9. The van der Waals surface area contributed by atoms with E-state index in [1.165, 1.54) is 24.0 Å².